The summed E-state index contributed by atoms with van der Waals surface area (Å²) >= 11 is 0. The maximum Gasteiger partial charge on any atom is 0.123 e. The lowest BCUT2D eigenvalue weighted by Crippen LogP contribution is -2.05. The van der Waals surface area contributed by atoms with Crippen molar-refractivity contribution in [3.05, 3.63) is 41.8 Å². The molecule has 4 heteroatoms. The van der Waals surface area contributed by atoms with E-state index < -0.39 is 0 Å². The van der Waals surface area contributed by atoms with Crippen molar-refractivity contribution < 1.29 is 4.39 Å². The first kappa shape index (κ1) is 11.8. The Kier molecular flexibility index (Phi) is 3.54. The molecule has 2 N–H and O–H groups in total. The summed E-state index contributed by atoms with van der Waals surface area (Å²) in [5.41, 5.74) is 8.41. The number of hydrogen-bond donors (Lipinski definition) is 1. The molecule has 3 nitrogen and oxygen atoms in total. The second kappa shape index (κ2) is 5.10. The van der Waals surface area contributed by atoms with Crippen LogP contribution in [0.3, 0.4) is 0 Å². The molecule has 0 aliphatic heterocycles. The van der Waals surface area contributed by atoms with Crippen LogP contribution in [-0.4, -0.2) is 9.78 Å². The standard InChI is InChI=1S/C13H16FN3/c1-2-7-17-13(5-6-16-17)12-4-3-11(14)8-10(12)9-15/h3-6,8H,2,7,9,15H2,1H3. The molecule has 0 spiro atoms. The Morgan fingerprint density at radius 2 is 2.18 bits per heavy atom. The summed E-state index contributed by atoms with van der Waals surface area (Å²) in [6.07, 6.45) is 2.77. The normalized spacial score (nSPS) is 10.8. The lowest BCUT2D eigenvalue weighted by Gasteiger charge is -2.10. The fourth-order valence-electron chi connectivity index (χ4n) is 1.93. The molecule has 1 heterocycles. The molecule has 0 radical (unpaired) electrons. The summed E-state index contributed by atoms with van der Waals surface area (Å²) in [6, 6.07) is 6.64. The quantitative estimate of drug-likeness (QED) is 0.882. The molecule has 0 saturated carbocycles. The van der Waals surface area contributed by atoms with Gasteiger partial charge < -0.3 is 5.73 Å². The molecule has 0 bridgehead atoms. The Labute approximate surface area is 100 Å². The topological polar surface area (TPSA) is 43.8 Å². The molecule has 2 aromatic rings. The second-order valence-electron chi connectivity index (χ2n) is 3.95. The van der Waals surface area contributed by atoms with Crippen molar-refractivity contribution >= 4 is 0 Å². The minimum absolute atomic E-state index is 0.254. The van der Waals surface area contributed by atoms with E-state index in [2.05, 4.69) is 12.0 Å². The van der Waals surface area contributed by atoms with E-state index in [0.717, 1.165) is 29.8 Å². The monoisotopic (exact) mass is 233 g/mol. The van der Waals surface area contributed by atoms with Gasteiger partial charge in [-0.2, -0.15) is 5.10 Å². The zero-order valence-electron chi connectivity index (χ0n) is 9.86. The third kappa shape index (κ3) is 2.36. The molecule has 0 aliphatic carbocycles. The predicted molar refractivity (Wildman–Crippen MR) is 65.8 cm³/mol. The molecule has 1 aromatic carbocycles. The lowest BCUT2D eigenvalue weighted by atomic mass is 10.0. The number of nitrogens with zero attached hydrogens (tertiary/aromatic N) is 2. The van der Waals surface area contributed by atoms with Gasteiger partial charge >= 0.3 is 0 Å². The van der Waals surface area contributed by atoms with Gasteiger partial charge in [0.05, 0.1) is 5.69 Å². The van der Waals surface area contributed by atoms with Gasteiger partial charge in [0, 0.05) is 24.8 Å². The highest BCUT2D eigenvalue weighted by Gasteiger charge is 2.09. The van der Waals surface area contributed by atoms with Crippen LogP contribution in [0.2, 0.25) is 0 Å². The van der Waals surface area contributed by atoms with Crippen LogP contribution >= 0.6 is 0 Å². The van der Waals surface area contributed by atoms with Gasteiger partial charge in [0.1, 0.15) is 5.82 Å². The van der Waals surface area contributed by atoms with Crippen molar-refractivity contribution in [2.75, 3.05) is 0 Å². The number of aryl methyl sites for hydroxylation is 1. The second-order valence-corrected chi connectivity index (χ2v) is 3.95. The zero-order chi connectivity index (χ0) is 12.3. The minimum Gasteiger partial charge on any atom is -0.326 e. The number of hydrogen-bond acceptors (Lipinski definition) is 2. The van der Waals surface area contributed by atoms with Gasteiger partial charge in [-0.25, -0.2) is 4.39 Å². The van der Waals surface area contributed by atoms with Crippen molar-refractivity contribution in [3.8, 4) is 11.3 Å². The molecule has 0 saturated heterocycles. The van der Waals surface area contributed by atoms with Crippen molar-refractivity contribution in [2.24, 2.45) is 5.73 Å². The maximum absolute atomic E-state index is 13.1. The molecule has 1 aromatic heterocycles. The van der Waals surface area contributed by atoms with Crippen LogP contribution in [0.25, 0.3) is 11.3 Å². The third-order valence-corrected chi connectivity index (χ3v) is 2.72. The van der Waals surface area contributed by atoms with E-state index in [4.69, 9.17) is 5.73 Å². The van der Waals surface area contributed by atoms with E-state index in [9.17, 15) is 4.39 Å². The number of aromatic nitrogens is 2. The van der Waals surface area contributed by atoms with Crippen LogP contribution in [-0.2, 0) is 13.1 Å². The highest BCUT2D eigenvalue weighted by Crippen LogP contribution is 2.24. The Hall–Kier alpha value is -1.68. The first-order valence-electron chi connectivity index (χ1n) is 5.77. The van der Waals surface area contributed by atoms with Gasteiger partial charge in [-0.1, -0.05) is 6.92 Å². The third-order valence-electron chi connectivity index (χ3n) is 2.72. The predicted octanol–water partition coefficient (Wildman–Crippen LogP) is 2.56. The molecular formula is C13H16FN3. The first-order valence-corrected chi connectivity index (χ1v) is 5.77. The summed E-state index contributed by atoms with van der Waals surface area (Å²) in [5.74, 6) is -0.254. The van der Waals surface area contributed by atoms with E-state index in [-0.39, 0.29) is 5.82 Å². The van der Waals surface area contributed by atoms with Gasteiger partial charge in [-0.05, 0) is 36.2 Å². The fourth-order valence-corrected chi connectivity index (χ4v) is 1.93. The molecule has 0 aliphatic rings. The van der Waals surface area contributed by atoms with Gasteiger partial charge in [0.15, 0.2) is 0 Å². The smallest absolute Gasteiger partial charge is 0.123 e. The Morgan fingerprint density at radius 1 is 1.35 bits per heavy atom. The van der Waals surface area contributed by atoms with Gasteiger partial charge in [-0.15, -0.1) is 0 Å². The largest absolute Gasteiger partial charge is 0.326 e. The summed E-state index contributed by atoms with van der Waals surface area (Å²) in [5, 5.41) is 4.26. The summed E-state index contributed by atoms with van der Waals surface area (Å²) in [7, 11) is 0. The SMILES string of the molecule is CCCn1nccc1-c1ccc(F)cc1CN. The minimum atomic E-state index is -0.254. The molecule has 0 unspecified atom stereocenters. The first-order chi connectivity index (χ1) is 8.26. The number of halogens is 1. The van der Waals surface area contributed by atoms with Crippen LogP contribution in [0.15, 0.2) is 30.5 Å². The fraction of sp³-hybridized carbons (Fsp3) is 0.308. The van der Waals surface area contributed by atoms with Crippen molar-refractivity contribution in [1.82, 2.24) is 9.78 Å². The Balaban J connectivity index is 2.48. The maximum atomic E-state index is 13.1. The van der Waals surface area contributed by atoms with Crippen molar-refractivity contribution in [3.63, 3.8) is 0 Å². The summed E-state index contributed by atoms with van der Waals surface area (Å²) in [4.78, 5) is 0. The Bertz CT molecular complexity index is 505. The molecule has 0 fully saturated rings. The Morgan fingerprint density at radius 3 is 2.88 bits per heavy atom. The van der Waals surface area contributed by atoms with E-state index >= 15 is 0 Å². The lowest BCUT2D eigenvalue weighted by molar-refractivity contribution is 0.607. The molecule has 90 valence electrons. The summed E-state index contributed by atoms with van der Waals surface area (Å²) in [6.45, 7) is 3.27. The average molecular weight is 233 g/mol. The molecule has 2 rings (SSSR count). The average Bonchev–Trinajstić information content (AvgIpc) is 2.77. The highest BCUT2D eigenvalue weighted by atomic mass is 19.1. The van der Waals surface area contributed by atoms with Crippen molar-refractivity contribution in [1.29, 1.82) is 0 Å². The van der Waals surface area contributed by atoms with Crippen LogP contribution < -0.4 is 5.73 Å². The van der Waals surface area contributed by atoms with Gasteiger partial charge in [-0.3, -0.25) is 4.68 Å². The van der Waals surface area contributed by atoms with E-state index in [1.165, 1.54) is 12.1 Å². The van der Waals surface area contributed by atoms with E-state index in [1.807, 2.05) is 10.7 Å². The molecule has 0 atom stereocenters. The molecular weight excluding hydrogens is 217 g/mol. The molecule has 17 heavy (non-hydrogen) atoms. The van der Waals surface area contributed by atoms with E-state index in [1.54, 1.807) is 12.3 Å². The molecule has 0 amide bonds. The number of rotatable bonds is 4. The number of benzene rings is 1. The highest BCUT2D eigenvalue weighted by molar-refractivity contribution is 5.63. The number of nitrogens with two attached hydrogens (primary N) is 1. The van der Waals surface area contributed by atoms with Gasteiger partial charge in [0.25, 0.3) is 0 Å². The van der Waals surface area contributed by atoms with E-state index in [0.29, 0.717) is 6.54 Å². The zero-order valence-corrected chi connectivity index (χ0v) is 9.86. The van der Waals surface area contributed by atoms with Crippen LogP contribution in [0, 0.1) is 5.82 Å². The van der Waals surface area contributed by atoms with Crippen LogP contribution in [0.5, 0.6) is 0 Å². The van der Waals surface area contributed by atoms with Gasteiger partial charge in [0.2, 0.25) is 0 Å². The summed E-state index contributed by atoms with van der Waals surface area (Å²) < 4.78 is 15.1. The van der Waals surface area contributed by atoms with Crippen LogP contribution in [0.1, 0.15) is 18.9 Å². The van der Waals surface area contributed by atoms with Crippen LogP contribution in [0.4, 0.5) is 4.39 Å². The van der Waals surface area contributed by atoms with Crippen molar-refractivity contribution in [2.45, 2.75) is 26.4 Å².